The van der Waals surface area contributed by atoms with E-state index in [0.29, 0.717) is 19.1 Å². The first-order chi connectivity index (χ1) is 8.59. The summed E-state index contributed by atoms with van der Waals surface area (Å²) in [5.41, 5.74) is 8.82. The van der Waals surface area contributed by atoms with Crippen molar-refractivity contribution in [2.24, 2.45) is 5.73 Å². The Balaban J connectivity index is 1.79. The maximum atomic E-state index is 6.26. The molecule has 0 heterocycles. The lowest BCUT2D eigenvalue weighted by molar-refractivity contribution is 0.0751. The molecule has 2 nitrogen and oxygen atoms in total. The van der Waals surface area contributed by atoms with Gasteiger partial charge in [-0.25, -0.2) is 0 Å². The highest BCUT2D eigenvalue weighted by molar-refractivity contribution is 5.24. The molecule has 0 aromatic heterocycles. The van der Waals surface area contributed by atoms with Crippen molar-refractivity contribution in [1.29, 1.82) is 0 Å². The molecule has 18 heavy (non-hydrogen) atoms. The minimum absolute atomic E-state index is 0.0577. The average molecular weight is 247 g/mol. The molecule has 2 rings (SSSR count). The number of rotatable bonds is 5. The van der Waals surface area contributed by atoms with Gasteiger partial charge in [-0.05, 0) is 29.9 Å². The molecule has 1 fully saturated rings. The van der Waals surface area contributed by atoms with E-state index in [-0.39, 0.29) is 5.54 Å². The first-order valence-corrected chi connectivity index (χ1v) is 7.04. The molecular weight excluding hydrogens is 222 g/mol. The van der Waals surface area contributed by atoms with Crippen LogP contribution in [0.3, 0.4) is 0 Å². The van der Waals surface area contributed by atoms with Crippen molar-refractivity contribution in [2.75, 3.05) is 6.61 Å². The van der Waals surface area contributed by atoms with Crippen molar-refractivity contribution in [3.8, 4) is 0 Å². The van der Waals surface area contributed by atoms with Crippen molar-refractivity contribution in [3.63, 3.8) is 0 Å². The molecule has 0 unspecified atom stereocenters. The number of nitrogens with two attached hydrogens (primary N) is 1. The predicted molar refractivity (Wildman–Crippen MR) is 75.6 cm³/mol. The lowest BCUT2D eigenvalue weighted by atomic mass is 10.0. The Morgan fingerprint density at radius 3 is 2.33 bits per heavy atom. The summed E-state index contributed by atoms with van der Waals surface area (Å²) in [5, 5.41) is 0. The molecule has 1 aromatic rings. The summed E-state index contributed by atoms with van der Waals surface area (Å²) in [6.07, 6.45) is 4.73. The van der Waals surface area contributed by atoms with Gasteiger partial charge in [-0.2, -0.15) is 0 Å². The summed E-state index contributed by atoms with van der Waals surface area (Å²) in [6.45, 7) is 5.80. The highest BCUT2D eigenvalue weighted by Crippen LogP contribution is 2.27. The van der Waals surface area contributed by atoms with Gasteiger partial charge in [0.05, 0.1) is 13.2 Å². The highest BCUT2D eigenvalue weighted by Gasteiger charge is 2.29. The lowest BCUT2D eigenvalue weighted by Crippen LogP contribution is -2.41. The summed E-state index contributed by atoms with van der Waals surface area (Å²) in [4.78, 5) is 0. The van der Waals surface area contributed by atoms with Gasteiger partial charge in [0.25, 0.3) is 0 Å². The second-order valence-corrected chi connectivity index (χ2v) is 5.96. The highest BCUT2D eigenvalue weighted by atomic mass is 16.5. The summed E-state index contributed by atoms with van der Waals surface area (Å²) in [5.74, 6) is 0.589. The van der Waals surface area contributed by atoms with Gasteiger partial charge in [0, 0.05) is 5.54 Å². The van der Waals surface area contributed by atoms with Crippen LogP contribution in [0.25, 0.3) is 0 Å². The molecule has 0 amide bonds. The lowest BCUT2D eigenvalue weighted by Gasteiger charge is -2.23. The van der Waals surface area contributed by atoms with Crippen LogP contribution in [-0.4, -0.2) is 12.1 Å². The van der Waals surface area contributed by atoms with E-state index in [9.17, 15) is 0 Å². The topological polar surface area (TPSA) is 35.2 Å². The fourth-order valence-electron chi connectivity index (χ4n) is 2.59. The quantitative estimate of drug-likeness (QED) is 0.863. The smallest absolute Gasteiger partial charge is 0.0717 e. The second-order valence-electron chi connectivity index (χ2n) is 5.96. The minimum atomic E-state index is -0.0577. The van der Waals surface area contributed by atoms with Crippen LogP contribution in [0.1, 0.15) is 56.6 Å². The van der Waals surface area contributed by atoms with E-state index in [1.54, 1.807) is 0 Å². The maximum absolute atomic E-state index is 6.26. The van der Waals surface area contributed by atoms with Crippen LogP contribution in [0.4, 0.5) is 0 Å². The van der Waals surface area contributed by atoms with E-state index in [1.165, 1.54) is 24.0 Å². The molecule has 0 atom stereocenters. The molecule has 2 heteroatoms. The molecule has 2 N–H and O–H groups in total. The number of hydrogen-bond acceptors (Lipinski definition) is 2. The van der Waals surface area contributed by atoms with E-state index in [0.717, 1.165) is 12.8 Å². The van der Waals surface area contributed by atoms with E-state index >= 15 is 0 Å². The molecule has 0 spiro atoms. The molecule has 0 radical (unpaired) electrons. The Bertz CT molecular complexity index is 363. The fraction of sp³-hybridized carbons (Fsp3) is 0.625. The second kappa shape index (κ2) is 5.85. The number of benzene rings is 1. The van der Waals surface area contributed by atoms with Crippen LogP contribution in [0.2, 0.25) is 0 Å². The molecule has 1 aromatic carbocycles. The Morgan fingerprint density at radius 1 is 1.17 bits per heavy atom. The van der Waals surface area contributed by atoms with Crippen LogP contribution >= 0.6 is 0 Å². The van der Waals surface area contributed by atoms with Gasteiger partial charge in [-0.15, -0.1) is 0 Å². The predicted octanol–water partition coefficient (Wildman–Crippen LogP) is 3.60. The van der Waals surface area contributed by atoms with Gasteiger partial charge in [0.1, 0.15) is 0 Å². The van der Waals surface area contributed by atoms with Gasteiger partial charge >= 0.3 is 0 Å². The molecule has 0 saturated heterocycles. The van der Waals surface area contributed by atoms with Crippen LogP contribution in [-0.2, 0) is 11.3 Å². The van der Waals surface area contributed by atoms with Crippen molar-refractivity contribution < 1.29 is 4.74 Å². The molecule has 0 aliphatic heterocycles. The average Bonchev–Trinajstić information content (AvgIpc) is 2.77. The van der Waals surface area contributed by atoms with Crippen molar-refractivity contribution in [2.45, 2.75) is 57.6 Å². The number of ether oxygens (including phenoxy) is 1. The molecule has 1 aliphatic rings. The van der Waals surface area contributed by atoms with Gasteiger partial charge < -0.3 is 10.5 Å². The monoisotopic (exact) mass is 247 g/mol. The van der Waals surface area contributed by atoms with Gasteiger partial charge in [-0.3, -0.25) is 0 Å². The van der Waals surface area contributed by atoms with Crippen LogP contribution in [0, 0.1) is 0 Å². The minimum Gasteiger partial charge on any atom is -0.375 e. The third-order valence-corrected chi connectivity index (χ3v) is 3.90. The molecule has 100 valence electrons. The summed E-state index contributed by atoms with van der Waals surface area (Å²) in [7, 11) is 0. The first-order valence-electron chi connectivity index (χ1n) is 7.04. The Labute approximate surface area is 111 Å². The molecular formula is C16H25NO. The normalized spacial score (nSPS) is 18.4. The molecule has 1 aliphatic carbocycles. The van der Waals surface area contributed by atoms with Crippen molar-refractivity contribution in [3.05, 3.63) is 35.4 Å². The van der Waals surface area contributed by atoms with E-state index in [4.69, 9.17) is 10.5 Å². The van der Waals surface area contributed by atoms with Crippen LogP contribution in [0.15, 0.2) is 24.3 Å². The standard InChI is InChI=1S/C16H25NO/c1-13(2)15-7-5-14(6-8-15)11-18-12-16(17)9-3-4-10-16/h5-8,13H,3-4,9-12,17H2,1-2H3. The summed E-state index contributed by atoms with van der Waals surface area (Å²) in [6, 6.07) is 8.70. The van der Waals surface area contributed by atoms with Gasteiger partial charge in [-0.1, -0.05) is 51.0 Å². The first kappa shape index (κ1) is 13.6. The van der Waals surface area contributed by atoms with Crippen LogP contribution in [0.5, 0.6) is 0 Å². The van der Waals surface area contributed by atoms with E-state index < -0.39 is 0 Å². The van der Waals surface area contributed by atoms with Gasteiger partial charge in [0.2, 0.25) is 0 Å². The third-order valence-electron chi connectivity index (χ3n) is 3.90. The third kappa shape index (κ3) is 3.56. The Hall–Kier alpha value is -0.860. The number of hydrogen-bond donors (Lipinski definition) is 1. The largest absolute Gasteiger partial charge is 0.375 e. The Morgan fingerprint density at radius 2 is 1.78 bits per heavy atom. The van der Waals surface area contributed by atoms with E-state index in [1.807, 2.05) is 0 Å². The fourth-order valence-corrected chi connectivity index (χ4v) is 2.59. The van der Waals surface area contributed by atoms with E-state index in [2.05, 4.69) is 38.1 Å². The zero-order valence-electron chi connectivity index (χ0n) is 11.6. The van der Waals surface area contributed by atoms with Crippen LogP contribution < -0.4 is 5.73 Å². The summed E-state index contributed by atoms with van der Waals surface area (Å²) >= 11 is 0. The van der Waals surface area contributed by atoms with Crippen molar-refractivity contribution in [1.82, 2.24) is 0 Å². The zero-order valence-corrected chi connectivity index (χ0v) is 11.6. The SMILES string of the molecule is CC(C)c1ccc(COCC2(N)CCCC2)cc1. The molecule has 0 bridgehead atoms. The maximum Gasteiger partial charge on any atom is 0.0717 e. The molecule has 1 saturated carbocycles. The van der Waals surface area contributed by atoms with Gasteiger partial charge in [0.15, 0.2) is 0 Å². The Kier molecular flexibility index (Phi) is 4.41. The zero-order chi connectivity index (χ0) is 13.0. The summed E-state index contributed by atoms with van der Waals surface area (Å²) < 4.78 is 5.78. The van der Waals surface area contributed by atoms with Crippen molar-refractivity contribution >= 4 is 0 Å².